The van der Waals surface area contributed by atoms with Gasteiger partial charge in [0.2, 0.25) is 0 Å². The number of amides is 3. The molecule has 0 saturated carbocycles. The van der Waals surface area contributed by atoms with Gasteiger partial charge in [-0.2, -0.15) is 13.2 Å². The highest BCUT2D eigenvalue weighted by Gasteiger charge is 2.31. The highest BCUT2D eigenvalue weighted by atomic mass is 19.4. The molecule has 4 rings (SSSR count). The minimum absolute atomic E-state index is 0.120. The Bertz CT molecular complexity index is 1420. The smallest absolute Gasteiger partial charge is 0.370 e. The van der Waals surface area contributed by atoms with E-state index in [4.69, 9.17) is 0 Å². The molecule has 0 aliphatic carbocycles. The molecular weight excluding hydrogens is 533 g/mol. The van der Waals surface area contributed by atoms with Crippen LogP contribution in [0.15, 0.2) is 48.7 Å². The summed E-state index contributed by atoms with van der Waals surface area (Å²) < 4.78 is 39.3. The van der Waals surface area contributed by atoms with E-state index in [-0.39, 0.29) is 18.1 Å². The van der Waals surface area contributed by atoms with Gasteiger partial charge in [0, 0.05) is 35.1 Å². The number of nitrogens with zero attached hydrogens (tertiary/aromatic N) is 3. The van der Waals surface area contributed by atoms with Gasteiger partial charge in [-0.1, -0.05) is 26.0 Å². The first-order valence-corrected chi connectivity index (χ1v) is 13.6. The maximum absolute atomic E-state index is 13.2. The predicted octanol–water partition coefficient (Wildman–Crippen LogP) is 6.67. The van der Waals surface area contributed by atoms with Gasteiger partial charge >= 0.3 is 12.2 Å². The van der Waals surface area contributed by atoms with Crippen molar-refractivity contribution in [3.8, 4) is 0 Å². The number of hydrogen-bond acceptors (Lipinski definition) is 5. The summed E-state index contributed by atoms with van der Waals surface area (Å²) in [4.78, 5) is 34.5. The van der Waals surface area contributed by atoms with E-state index in [0.717, 1.165) is 72.9 Å². The zero-order chi connectivity index (χ0) is 29.7. The van der Waals surface area contributed by atoms with Gasteiger partial charge < -0.3 is 20.9 Å². The van der Waals surface area contributed by atoms with Crippen LogP contribution in [0.5, 0.6) is 0 Å². The van der Waals surface area contributed by atoms with Crippen LogP contribution in [0.3, 0.4) is 0 Å². The molecule has 0 atom stereocenters. The van der Waals surface area contributed by atoms with Gasteiger partial charge in [0.25, 0.3) is 5.91 Å². The maximum Gasteiger partial charge on any atom is 0.416 e. The molecule has 0 unspecified atom stereocenters. The van der Waals surface area contributed by atoms with Gasteiger partial charge in [-0.05, 0) is 75.8 Å². The molecule has 2 heterocycles. The number of aryl methyl sites for hydroxylation is 1. The second-order valence-corrected chi connectivity index (χ2v) is 9.99. The molecule has 0 fully saturated rings. The lowest BCUT2D eigenvalue weighted by molar-refractivity contribution is -0.137. The molecular formula is C30H35F3N6O2. The van der Waals surface area contributed by atoms with Crippen LogP contribution >= 0.6 is 0 Å². The van der Waals surface area contributed by atoms with Crippen molar-refractivity contribution in [2.45, 2.75) is 46.8 Å². The van der Waals surface area contributed by atoms with Gasteiger partial charge in [-0.15, -0.1) is 0 Å². The summed E-state index contributed by atoms with van der Waals surface area (Å²) in [7, 11) is 0. The lowest BCUT2D eigenvalue weighted by atomic mass is 10.1. The summed E-state index contributed by atoms with van der Waals surface area (Å²) in [6.07, 6.45) is -1.84. The summed E-state index contributed by atoms with van der Waals surface area (Å²) in [6.45, 7) is 12.1. The van der Waals surface area contributed by atoms with Crippen LogP contribution in [0.2, 0.25) is 0 Å². The summed E-state index contributed by atoms with van der Waals surface area (Å²) >= 11 is 0. The van der Waals surface area contributed by atoms with Crippen molar-refractivity contribution in [1.82, 2.24) is 9.88 Å². The zero-order valence-corrected chi connectivity index (χ0v) is 23.7. The number of alkyl halides is 3. The van der Waals surface area contributed by atoms with Crippen LogP contribution < -0.4 is 20.9 Å². The Kier molecular flexibility index (Phi) is 9.17. The number of fused-ring (bicyclic) bond motifs is 1. The van der Waals surface area contributed by atoms with E-state index in [0.29, 0.717) is 11.4 Å². The maximum atomic E-state index is 13.2. The minimum Gasteiger partial charge on any atom is -0.370 e. The number of rotatable bonds is 10. The number of pyridine rings is 1. The topological polar surface area (TPSA) is 89.6 Å². The van der Waals surface area contributed by atoms with Crippen molar-refractivity contribution >= 4 is 34.8 Å². The molecule has 0 radical (unpaired) electrons. The average molecular weight is 569 g/mol. The molecule has 2 aromatic carbocycles. The molecule has 11 heteroatoms. The van der Waals surface area contributed by atoms with Gasteiger partial charge in [0.15, 0.2) is 0 Å². The predicted molar refractivity (Wildman–Crippen MR) is 156 cm³/mol. The molecule has 8 nitrogen and oxygen atoms in total. The minimum atomic E-state index is -4.56. The van der Waals surface area contributed by atoms with Gasteiger partial charge in [0.1, 0.15) is 5.82 Å². The van der Waals surface area contributed by atoms with E-state index in [1.807, 2.05) is 13.8 Å². The van der Waals surface area contributed by atoms with E-state index in [2.05, 4.69) is 39.7 Å². The Labute approximate surface area is 237 Å². The van der Waals surface area contributed by atoms with Crippen molar-refractivity contribution in [3.05, 3.63) is 76.5 Å². The van der Waals surface area contributed by atoms with E-state index in [1.54, 1.807) is 29.3 Å². The summed E-state index contributed by atoms with van der Waals surface area (Å²) in [5, 5.41) is 9.01. The number of urea groups is 1. The Balaban J connectivity index is 1.48. The SMILES string of the molecule is CCN(CC)CCCNc1ncc2c(c1C)NC(=O)N(c1cc(NC(=O)c3cccc(C(F)(F)F)c3)ccc1C)C2. The fourth-order valence-electron chi connectivity index (χ4n) is 4.81. The van der Waals surface area contributed by atoms with Crippen LogP contribution in [0, 0.1) is 13.8 Å². The Morgan fingerprint density at radius 3 is 2.59 bits per heavy atom. The fourth-order valence-corrected chi connectivity index (χ4v) is 4.81. The zero-order valence-electron chi connectivity index (χ0n) is 23.7. The first-order valence-electron chi connectivity index (χ1n) is 13.6. The molecule has 3 N–H and O–H groups in total. The molecule has 3 aromatic rings. The normalized spacial score (nSPS) is 13.2. The summed E-state index contributed by atoms with van der Waals surface area (Å²) in [6, 6.07) is 8.93. The number of benzene rings is 2. The molecule has 41 heavy (non-hydrogen) atoms. The number of nitrogens with one attached hydrogen (secondary N) is 3. The molecule has 0 saturated heterocycles. The van der Waals surface area contributed by atoms with Gasteiger partial charge in [-0.3, -0.25) is 9.69 Å². The number of halogens is 3. The van der Waals surface area contributed by atoms with E-state index < -0.39 is 17.6 Å². The quantitative estimate of drug-likeness (QED) is 0.238. The second-order valence-electron chi connectivity index (χ2n) is 9.99. The lowest BCUT2D eigenvalue weighted by Gasteiger charge is -2.32. The molecule has 1 aromatic heterocycles. The summed E-state index contributed by atoms with van der Waals surface area (Å²) in [5.41, 5.74) is 3.10. The van der Waals surface area contributed by atoms with Crippen LogP contribution in [0.25, 0.3) is 0 Å². The van der Waals surface area contributed by atoms with Crippen molar-refractivity contribution in [1.29, 1.82) is 0 Å². The van der Waals surface area contributed by atoms with Crippen LogP contribution in [-0.2, 0) is 12.7 Å². The third-order valence-corrected chi connectivity index (χ3v) is 7.25. The Morgan fingerprint density at radius 1 is 1.12 bits per heavy atom. The number of carbonyl (C=O) groups excluding carboxylic acids is 2. The average Bonchev–Trinajstić information content (AvgIpc) is 2.95. The van der Waals surface area contributed by atoms with Crippen LogP contribution in [0.4, 0.5) is 40.8 Å². The van der Waals surface area contributed by atoms with Crippen molar-refractivity contribution in [2.24, 2.45) is 0 Å². The van der Waals surface area contributed by atoms with E-state index in [1.165, 1.54) is 12.1 Å². The first kappa shape index (κ1) is 29.9. The third-order valence-electron chi connectivity index (χ3n) is 7.25. The Hall–Kier alpha value is -4.12. The van der Waals surface area contributed by atoms with Crippen LogP contribution in [0.1, 0.15) is 52.9 Å². The van der Waals surface area contributed by atoms with E-state index in [9.17, 15) is 22.8 Å². The van der Waals surface area contributed by atoms with Gasteiger partial charge in [0.05, 0.1) is 23.5 Å². The molecule has 218 valence electrons. The monoisotopic (exact) mass is 568 g/mol. The molecule has 3 amide bonds. The van der Waals surface area contributed by atoms with Crippen LogP contribution in [-0.4, -0.2) is 48.0 Å². The van der Waals surface area contributed by atoms with Crippen molar-refractivity contribution in [2.75, 3.05) is 47.0 Å². The first-order chi connectivity index (χ1) is 19.5. The second kappa shape index (κ2) is 12.6. The number of aromatic nitrogens is 1. The highest BCUT2D eigenvalue weighted by Crippen LogP contribution is 2.35. The largest absolute Gasteiger partial charge is 0.416 e. The standard InChI is InChI=1S/C30H35F3N6O2/c1-5-38(6-2)14-8-13-34-27-20(4)26-22(17-35-27)18-39(29(41)37-26)25-16-24(12-11-19(25)3)36-28(40)21-9-7-10-23(15-21)30(31,32)33/h7,9-12,15-17H,5-6,8,13-14,18H2,1-4H3,(H,34,35)(H,36,40)(H,37,41). The summed E-state index contributed by atoms with van der Waals surface area (Å²) in [5.74, 6) is 0.0452. The molecule has 0 spiro atoms. The third kappa shape index (κ3) is 6.97. The lowest BCUT2D eigenvalue weighted by Crippen LogP contribution is -2.39. The van der Waals surface area contributed by atoms with E-state index >= 15 is 0 Å². The van der Waals surface area contributed by atoms with Crippen molar-refractivity contribution in [3.63, 3.8) is 0 Å². The number of hydrogen-bond donors (Lipinski definition) is 3. The number of carbonyl (C=O) groups is 2. The fraction of sp³-hybridized carbons (Fsp3) is 0.367. The molecule has 0 bridgehead atoms. The number of anilines is 4. The molecule has 1 aliphatic heterocycles. The van der Waals surface area contributed by atoms with Gasteiger partial charge in [-0.25, -0.2) is 9.78 Å². The molecule has 1 aliphatic rings. The Morgan fingerprint density at radius 2 is 1.88 bits per heavy atom. The highest BCUT2D eigenvalue weighted by molar-refractivity contribution is 6.07. The van der Waals surface area contributed by atoms with Crippen molar-refractivity contribution < 1.29 is 22.8 Å².